The minimum Gasteiger partial charge on any atom is -0.496 e. The number of nitrogens with one attached hydrogen (secondary N) is 1. The van der Waals surface area contributed by atoms with Gasteiger partial charge in [-0.2, -0.15) is 5.26 Å². The molecule has 5 rings (SSSR count). The Morgan fingerprint density at radius 2 is 1.57 bits per heavy atom. The average molecular weight is 589 g/mol. The van der Waals surface area contributed by atoms with Crippen molar-refractivity contribution < 1.29 is 17.9 Å². The smallest absolute Gasteiger partial charge is 0.257 e. The highest BCUT2D eigenvalue weighted by molar-refractivity contribution is 7.89. The second-order valence-corrected chi connectivity index (χ2v) is 12.2. The van der Waals surface area contributed by atoms with Crippen LogP contribution in [-0.2, 0) is 10.0 Å². The lowest BCUT2D eigenvalue weighted by Crippen LogP contribution is -2.49. The summed E-state index contributed by atoms with van der Waals surface area (Å²) in [5.41, 5.74) is 4.59. The van der Waals surface area contributed by atoms with E-state index in [2.05, 4.69) is 16.3 Å². The van der Waals surface area contributed by atoms with Gasteiger partial charge in [0.15, 0.2) is 0 Å². The quantitative estimate of drug-likeness (QED) is 0.428. The second-order valence-electron chi connectivity index (χ2n) is 10.7. The highest BCUT2D eigenvalue weighted by Gasteiger charge is 2.28. The summed E-state index contributed by atoms with van der Waals surface area (Å²) in [6, 6.07) is 20.7. The van der Waals surface area contributed by atoms with E-state index in [1.54, 1.807) is 30.2 Å². The number of nitriles is 1. The summed E-state index contributed by atoms with van der Waals surface area (Å²) in [5, 5.41) is 18.6. The average Bonchev–Trinajstić information content (AvgIpc) is 3.01. The fourth-order valence-electron chi connectivity index (χ4n) is 5.78. The molecule has 2 aliphatic rings. The number of methoxy groups -OCH3 is 1. The third-order valence-electron chi connectivity index (χ3n) is 8.08. The first-order chi connectivity index (χ1) is 20.2. The van der Waals surface area contributed by atoms with Crippen molar-refractivity contribution in [2.45, 2.75) is 30.7 Å². The monoisotopic (exact) mass is 588 g/mol. The normalized spacial score (nSPS) is 16.2. The predicted octanol–water partition coefficient (Wildman–Crippen LogP) is 3.57. The molecule has 1 amide bonds. The van der Waals surface area contributed by atoms with Gasteiger partial charge < -0.3 is 24.8 Å². The maximum Gasteiger partial charge on any atom is 0.257 e. The Morgan fingerprint density at radius 3 is 2.21 bits per heavy atom. The number of benzene rings is 3. The van der Waals surface area contributed by atoms with Gasteiger partial charge in [-0.3, -0.25) is 4.79 Å². The molecule has 0 unspecified atom stereocenters. The van der Waals surface area contributed by atoms with E-state index in [0.29, 0.717) is 48.7 Å². The summed E-state index contributed by atoms with van der Waals surface area (Å²) < 4.78 is 29.8. The SMILES string of the molecule is COc1cc(C)c(NC2CCN(c3ccccc3C#N)CC2)cc1C(=O)N1CCN(c2ccccc2S(N)(=O)=O)CC1. The van der Waals surface area contributed by atoms with Gasteiger partial charge in [0.25, 0.3) is 5.91 Å². The van der Waals surface area contributed by atoms with E-state index in [1.807, 2.05) is 48.2 Å². The molecule has 11 heteroatoms. The lowest BCUT2D eigenvalue weighted by molar-refractivity contribution is 0.0743. The van der Waals surface area contributed by atoms with Crippen molar-refractivity contribution in [3.63, 3.8) is 0 Å². The Balaban J connectivity index is 1.26. The summed E-state index contributed by atoms with van der Waals surface area (Å²) in [4.78, 5) is 19.8. The Labute approximate surface area is 247 Å². The molecule has 0 bridgehead atoms. The summed E-state index contributed by atoms with van der Waals surface area (Å²) in [6.45, 7) is 5.47. The number of nitrogens with zero attached hydrogens (tertiary/aromatic N) is 4. The molecule has 2 aliphatic heterocycles. The van der Waals surface area contributed by atoms with E-state index in [1.165, 1.54) is 6.07 Å². The molecule has 42 heavy (non-hydrogen) atoms. The lowest BCUT2D eigenvalue weighted by Gasteiger charge is -2.37. The Bertz CT molecular complexity index is 1600. The number of amides is 1. The maximum atomic E-state index is 13.7. The van der Waals surface area contributed by atoms with Gasteiger partial charge in [0.1, 0.15) is 16.7 Å². The fraction of sp³-hybridized carbons (Fsp3) is 0.355. The number of nitrogens with two attached hydrogens (primary N) is 1. The molecule has 0 radical (unpaired) electrons. The minimum absolute atomic E-state index is 0.0841. The molecule has 2 saturated heterocycles. The first kappa shape index (κ1) is 29.2. The van der Waals surface area contributed by atoms with E-state index < -0.39 is 10.0 Å². The number of primary sulfonamides is 1. The van der Waals surface area contributed by atoms with Crippen LogP contribution in [-0.4, -0.2) is 71.6 Å². The van der Waals surface area contributed by atoms with Crippen LogP contribution >= 0.6 is 0 Å². The number of piperidine rings is 1. The first-order valence-electron chi connectivity index (χ1n) is 14.0. The topological polar surface area (TPSA) is 132 Å². The number of hydrogen-bond donors (Lipinski definition) is 2. The third kappa shape index (κ3) is 6.15. The number of rotatable bonds is 7. The first-order valence-corrected chi connectivity index (χ1v) is 15.6. The van der Waals surface area contributed by atoms with Gasteiger partial charge in [0.2, 0.25) is 10.0 Å². The second kappa shape index (κ2) is 12.3. The van der Waals surface area contributed by atoms with Crippen molar-refractivity contribution in [1.29, 1.82) is 5.26 Å². The van der Waals surface area contributed by atoms with Crippen molar-refractivity contribution in [1.82, 2.24) is 4.90 Å². The largest absolute Gasteiger partial charge is 0.496 e. The van der Waals surface area contributed by atoms with Crippen molar-refractivity contribution in [3.05, 3.63) is 77.4 Å². The molecule has 220 valence electrons. The number of ether oxygens (including phenoxy) is 1. The molecule has 2 fully saturated rings. The van der Waals surface area contributed by atoms with Gasteiger partial charge in [-0.25, -0.2) is 13.6 Å². The standard InChI is InChI=1S/C31H36N6O4S/c1-22-19-29(41-2)25(20-26(22)34-24-11-13-35(14-12-24)27-8-4-3-7-23(27)21-32)31(38)37-17-15-36(16-18-37)28-9-5-6-10-30(28)42(33,39)40/h3-10,19-20,24,34H,11-18H2,1-2H3,(H2,33,39,40). The number of hydrogen-bond acceptors (Lipinski definition) is 8. The van der Waals surface area contributed by atoms with Gasteiger partial charge in [0.05, 0.1) is 29.6 Å². The van der Waals surface area contributed by atoms with E-state index in [-0.39, 0.29) is 16.8 Å². The molecule has 2 heterocycles. The zero-order valence-corrected chi connectivity index (χ0v) is 24.7. The summed E-state index contributed by atoms with van der Waals surface area (Å²) in [6.07, 6.45) is 1.80. The predicted molar refractivity (Wildman–Crippen MR) is 164 cm³/mol. The third-order valence-corrected chi connectivity index (χ3v) is 9.03. The van der Waals surface area contributed by atoms with Crippen LogP contribution in [0.25, 0.3) is 0 Å². The van der Waals surface area contributed by atoms with Gasteiger partial charge >= 0.3 is 0 Å². The number of piperazine rings is 1. The van der Waals surface area contributed by atoms with E-state index in [9.17, 15) is 18.5 Å². The van der Waals surface area contributed by atoms with Crippen molar-refractivity contribution in [2.24, 2.45) is 5.14 Å². The highest BCUT2D eigenvalue weighted by atomic mass is 32.2. The molecular formula is C31H36N6O4S. The summed E-state index contributed by atoms with van der Waals surface area (Å²) >= 11 is 0. The molecule has 3 aromatic carbocycles. The van der Waals surface area contributed by atoms with E-state index in [4.69, 9.17) is 9.88 Å². The van der Waals surface area contributed by atoms with Gasteiger partial charge in [0, 0.05) is 51.0 Å². The van der Waals surface area contributed by atoms with Crippen LogP contribution < -0.4 is 25.0 Å². The van der Waals surface area contributed by atoms with Crippen LogP contribution in [0.2, 0.25) is 0 Å². The molecule has 0 aromatic heterocycles. The van der Waals surface area contributed by atoms with E-state index in [0.717, 1.165) is 42.9 Å². The molecule has 0 spiro atoms. The molecule has 10 nitrogen and oxygen atoms in total. The maximum absolute atomic E-state index is 13.7. The molecule has 0 aliphatic carbocycles. The minimum atomic E-state index is -3.87. The van der Waals surface area contributed by atoms with Crippen LogP contribution in [0.5, 0.6) is 5.75 Å². The van der Waals surface area contributed by atoms with E-state index >= 15 is 0 Å². The Hall–Kier alpha value is -4.27. The number of para-hydroxylation sites is 2. The molecule has 0 saturated carbocycles. The zero-order chi connectivity index (χ0) is 29.9. The van der Waals surface area contributed by atoms with Crippen LogP contribution in [0.4, 0.5) is 17.1 Å². The number of aryl methyl sites for hydroxylation is 1. The van der Waals surface area contributed by atoms with Crippen LogP contribution in [0.3, 0.4) is 0 Å². The molecular weight excluding hydrogens is 552 g/mol. The summed E-state index contributed by atoms with van der Waals surface area (Å²) in [5.74, 6) is 0.394. The van der Waals surface area contributed by atoms with Crippen LogP contribution in [0.1, 0.15) is 34.3 Å². The number of anilines is 3. The van der Waals surface area contributed by atoms with Crippen molar-refractivity contribution in [3.8, 4) is 11.8 Å². The zero-order valence-electron chi connectivity index (χ0n) is 23.9. The molecule has 3 N–H and O–H groups in total. The van der Waals surface area contributed by atoms with Gasteiger partial charge in [-0.1, -0.05) is 24.3 Å². The highest BCUT2D eigenvalue weighted by Crippen LogP contribution is 2.32. The number of carbonyl (C=O) groups is 1. The lowest BCUT2D eigenvalue weighted by atomic mass is 10.0. The van der Waals surface area contributed by atoms with Crippen molar-refractivity contribution >= 4 is 33.0 Å². The molecule has 0 atom stereocenters. The Morgan fingerprint density at radius 1 is 0.952 bits per heavy atom. The number of carbonyl (C=O) groups excluding carboxylic acids is 1. The fourth-order valence-corrected chi connectivity index (χ4v) is 6.54. The van der Waals surface area contributed by atoms with Crippen LogP contribution in [0, 0.1) is 18.3 Å². The van der Waals surface area contributed by atoms with Gasteiger partial charge in [-0.05, 0) is 61.7 Å². The Kier molecular flexibility index (Phi) is 8.56. The summed E-state index contributed by atoms with van der Waals surface area (Å²) in [7, 11) is -2.30. The van der Waals surface area contributed by atoms with Gasteiger partial charge in [-0.15, -0.1) is 0 Å². The van der Waals surface area contributed by atoms with Crippen LogP contribution in [0.15, 0.2) is 65.6 Å². The van der Waals surface area contributed by atoms with Crippen molar-refractivity contribution in [2.75, 3.05) is 61.5 Å². The number of sulfonamides is 1. The molecule has 3 aromatic rings.